The monoisotopic (exact) mass is 439 g/mol. The molecule has 5 nitrogen and oxygen atoms in total. The minimum Gasteiger partial charge on any atom is -0.508 e. The fourth-order valence-corrected chi connectivity index (χ4v) is 4.11. The van der Waals surface area contributed by atoms with Crippen LogP contribution in [0.3, 0.4) is 0 Å². The van der Waals surface area contributed by atoms with Crippen LogP contribution in [0, 0.1) is 11.3 Å². The first-order valence-corrected chi connectivity index (χ1v) is 11.1. The molecule has 2 N–H and O–H groups in total. The van der Waals surface area contributed by atoms with Crippen LogP contribution in [-0.2, 0) is 0 Å². The molecule has 0 saturated carbocycles. The van der Waals surface area contributed by atoms with Gasteiger partial charge in [-0.15, -0.1) is 0 Å². The fraction of sp³-hybridized carbons (Fsp3) is 0.250. The van der Waals surface area contributed by atoms with Gasteiger partial charge in [-0.3, -0.25) is 0 Å². The van der Waals surface area contributed by atoms with Crippen LogP contribution < -0.4 is 0 Å². The average molecular weight is 440 g/mol. The van der Waals surface area contributed by atoms with Crippen molar-refractivity contribution in [2.45, 2.75) is 34.6 Å². The topological polar surface area (TPSA) is 79.1 Å². The van der Waals surface area contributed by atoms with Crippen molar-refractivity contribution in [2.75, 3.05) is 0 Å². The summed E-state index contributed by atoms with van der Waals surface area (Å²) in [5.74, 6) is 1.56. The first kappa shape index (κ1) is 22.5. The highest BCUT2D eigenvalue weighted by Crippen LogP contribution is 2.34. The molecule has 1 aromatic heterocycles. The Bertz CT molecular complexity index is 1290. The number of phenolic OH excluding ortho intramolecular Hbond substituents is 2. The zero-order valence-electron chi connectivity index (χ0n) is 19.7. The van der Waals surface area contributed by atoms with Gasteiger partial charge in [-0.2, -0.15) is 0 Å². The Morgan fingerprint density at radius 3 is 2.39 bits per heavy atom. The summed E-state index contributed by atoms with van der Waals surface area (Å²) in [6, 6.07) is 4.43. The number of hydrogen-bond acceptors (Lipinski definition) is 5. The number of aromatic nitrogens is 3. The largest absolute Gasteiger partial charge is 0.508 e. The van der Waals surface area contributed by atoms with E-state index in [4.69, 9.17) is 15.0 Å². The van der Waals surface area contributed by atoms with E-state index in [1.165, 1.54) is 17.7 Å². The van der Waals surface area contributed by atoms with Gasteiger partial charge < -0.3 is 10.2 Å². The molecule has 1 aromatic carbocycles. The van der Waals surface area contributed by atoms with E-state index in [9.17, 15) is 10.2 Å². The predicted octanol–water partition coefficient (Wildman–Crippen LogP) is 6.41. The standard InChI is InChI=1S/C28H29N3O2/c1-17-7-6-8-19(3)23(13-17)27-30-25(20-10-9-18(2)15-28(4,5)16-20)29-26(31-27)22-12-11-21(32)14-24(22)33/h6-17,32-33H,1-5H3. The van der Waals surface area contributed by atoms with Gasteiger partial charge in [-0.1, -0.05) is 75.0 Å². The van der Waals surface area contributed by atoms with Gasteiger partial charge >= 0.3 is 0 Å². The Labute approximate surface area is 195 Å². The Morgan fingerprint density at radius 2 is 1.64 bits per heavy atom. The second-order valence-corrected chi connectivity index (χ2v) is 9.32. The van der Waals surface area contributed by atoms with Crippen molar-refractivity contribution in [3.63, 3.8) is 0 Å². The second kappa shape index (κ2) is 8.66. The molecular weight excluding hydrogens is 410 g/mol. The maximum Gasteiger partial charge on any atom is 0.167 e. The van der Waals surface area contributed by atoms with Crippen molar-refractivity contribution in [3.8, 4) is 22.9 Å². The predicted molar refractivity (Wildman–Crippen MR) is 133 cm³/mol. The number of aromatic hydroxyl groups is 2. The molecule has 2 aliphatic rings. The van der Waals surface area contributed by atoms with E-state index in [0.29, 0.717) is 23.0 Å². The Hall–Kier alpha value is -3.73. The van der Waals surface area contributed by atoms with Gasteiger partial charge in [0, 0.05) is 22.6 Å². The normalized spacial score (nSPS) is 19.7. The summed E-state index contributed by atoms with van der Waals surface area (Å²) in [6.45, 7) is 10.5. The Morgan fingerprint density at radius 1 is 0.909 bits per heavy atom. The Balaban J connectivity index is 1.95. The van der Waals surface area contributed by atoms with Gasteiger partial charge in [0.05, 0.1) is 5.56 Å². The van der Waals surface area contributed by atoms with Gasteiger partial charge in [0.15, 0.2) is 17.5 Å². The summed E-state index contributed by atoms with van der Waals surface area (Å²) < 4.78 is 0. The van der Waals surface area contributed by atoms with Gasteiger partial charge in [-0.25, -0.2) is 15.0 Å². The fourth-order valence-electron chi connectivity index (χ4n) is 4.11. The maximum absolute atomic E-state index is 10.5. The molecule has 5 heteroatoms. The third kappa shape index (κ3) is 5.03. The molecule has 2 aliphatic carbocycles. The number of allylic oxidation sites excluding steroid dienone is 12. The highest BCUT2D eigenvalue weighted by molar-refractivity contribution is 5.80. The van der Waals surface area contributed by atoms with E-state index in [-0.39, 0.29) is 22.8 Å². The number of hydrogen-bond donors (Lipinski definition) is 2. The molecular formula is C28H29N3O2. The molecule has 0 spiro atoms. The molecule has 0 aliphatic heterocycles. The molecule has 0 amide bonds. The van der Waals surface area contributed by atoms with Crippen LogP contribution in [0.1, 0.15) is 46.3 Å². The van der Waals surface area contributed by atoms with Gasteiger partial charge in [-0.05, 0) is 37.5 Å². The minimum atomic E-state index is -0.174. The van der Waals surface area contributed by atoms with Gasteiger partial charge in [0.2, 0.25) is 0 Å². The lowest BCUT2D eigenvalue weighted by Crippen LogP contribution is -2.08. The van der Waals surface area contributed by atoms with Crippen LogP contribution in [0.25, 0.3) is 22.5 Å². The van der Waals surface area contributed by atoms with E-state index in [1.54, 1.807) is 6.07 Å². The zero-order chi connectivity index (χ0) is 23.8. The van der Waals surface area contributed by atoms with Crippen molar-refractivity contribution in [1.29, 1.82) is 0 Å². The third-order valence-electron chi connectivity index (χ3n) is 5.62. The summed E-state index contributed by atoms with van der Waals surface area (Å²) in [5.41, 5.74) is 4.30. The molecule has 1 atom stereocenters. The molecule has 0 radical (unpaired) electrons. The minimum absolute atomic E-state index is 0.0198. The second-order valence-electron chi connectivity index (χ2n) is 9.32. The summed E-state index contributed by atoms with van der Waals surface area (Å²) in [7, 11) is 0. The van der Waals surface area contributed by atoms with Crippen LogP contribution in [0.5, 0.6) is 11.5 Å². The molecule has 1 unspecified atom stereocenters. The summed E-state index contributed by atoms with van der Waals surface area (Å²) in [5, 5.41) is 20.3. The lowest BCUT2D eigenvalue weighted by atomic mass is 9.90. The Kier molecular flexibility index (Phi) is 5.90. The molecule has 168 valence electrons. The van der Waals surface area contributed by atoms with Crippen molar-refractivity contribution >= 4 is 11.1 Å². The number of nitrogens with zero attached hydrogens (tertiary/aromatic N) is 3. The number of rotatable bonds is 3. The summed E-state index contributed by atoms with van der Waals surface area (Å²) in [6.07, 6.45) is 16.8. The lowest BCUT2D eigenvalue weighted by Gasteiger charge is -2.17. The lowest BCUT2D eigenvalue weighted by molar-refractivity contribution is 0.451. The molecule has 0 saturated heterocycles. The first-order valence-electron chi connectivity index (χ1n) is 11.1. The molecule has 0 fully saturated rings. The van der Waals surface area contributed by atoms with Crippen LogP contribution in [0.4, 0.5) is 0 Å². The number of phenols is 2. The van der Waals surface area contributed by atoms with E-state index >= 15 is 0 Å². The van der Waals surface area contributed by atoms with Crippen LogP contribution in [-0.4, -0.2) is 25.2 Å². The molecule has 1 heterocycles. The molecule has 4 rings (SSSR count). The quantitative estimate of drug-likeness (QED) is 0.578. The van der Waals surface area contributed by atoms with E-state index in [2.05, 4.69) is 64.2 Å². The number of benzene rings is 1. The molecule has 33 heavy (non-hydrogen) atoms. The van der Waals surface area contributed by atoms with Crippen molar-refractivity contribution in [3.05, 3.63) is 89.6 Å². The van der Waals surface area contributed by atoms with Crippen LogP contribution in [0.15, 0.2) is 78.0 Å². The van der Waals surface area contributed by atoms with Gasteiger partial charge in [0.1, 0.15) is 11.5 Å². The van der Waals surface area contributed by atoms with Gasteiger partial charge in [0.25, 0.3) is 0 Å². The van der Waals surface area contributed by atoms with E-state index < -0.39 is 0 Å². The van der Waals surface area contributed by atoms with Crippen LogP contribution in [0.2, 0.25) is 0 Å². The first-order chi connectivity index (χ1) is 15.6. The maximum atomic E-state index is 10.5. The highest BCUT2D eigenvalue weighted by atomic mass is 16.3. The zero-order valence-corrected chi connectivity index (χ0v) is 19.7. The van der Waals surface area contributed by atoms with E-state index in [1.807, 2.05) is 19.1 Å². The van der Waals surface area contributed by atoms with E-state index in [0.717, 1.165) is 16.7 Å². The highest BCUT2D eigenvalue weighted by Gasteiger charge is 2.21. The SMILES string of the molecule is CC1=CC(C)(C)C=C(c2nc(C3=CC(C)C=CC=C3C)nc(-c3ccc(O)cc3O)n2)C=C1. The average Bonchev–Trinajstić information content (AvgIpc) is 2.99. The molecule has 2 aromatic rings. The van der Waals surface area contributed by atoms with Crippen LogP contribution >= 0.6 is 0 Å². The van der Waals surface area contributed by atoms with Crippen molar-refractivity contribution < 1.29 is 10.2 Å². The summed E-state index contributed by atoms with van der Waals surface area (Å²) >= 11 is 0. The summed E-state index contributed by atoms with van der Waals surface area (Å²) in [4.78, 5) is 14.4. The third-order valence-corrected chi connectivity index (χ3v) is 5.62. The smallest absolute Gasteiger partial charge is 0.167 e. The van der Waals surface area contributed by atoms with Crippen molar-refractivity contribution in [1.82, 2.24) is 15.0 Å². The molecule has 0 bridgehead atoms. The van der Waals surface area contributed by atoms with Crippen molar-refractivity contribution in [2.24, 2.45) is 11.3 Å².